The first-order chi connectivity index (χ1) is 3.56. The molecule has 50 valence electrons. The van der Waals surface area contributed by atoms with E-state index in [0.717, 1.165) is 6.61 Å². The van der Waals surface area contributed by atoms with Gasteiger partial charge in [-0.3, -0.25) is 0 Å². The highest BCUT2D eigenvalue weighted by Crippen LogP contribution is 1.96. The standard InChI is InChI=1S/C6H15NO/c1-5-8-7-6(2,3)4/h7H,5H2,1-4H3. The summed E-state index contributed by atoms with van der Waals surface area (Å²) >= 11 is 0. The van der Waals surface area contributed by atoms with E-state index in [1.165, 1.54) is 0 Å². The average molecular weight is 117 g/mol. The quantitative estimate of drug-likeness (QED) is 0.551. The largest absolute Gasteiger partial charge is 0.302 e. The molecule has 8 heavy (non-hydrogen) atoms. The summed E-state index contributed by atoms with van der Waals surface area (Å²) in [7, 11) is 0. The highest BCUT2D eigenvalue weighted by Gasteiger charge is 2.06. The van der Waals surface area contributed by atoms with E-state index in [4.69, 9.17) is 4.84 Å². The summed E-state index contributed by atoms with van der Waals surface area (Å²) < 4.78 is 0. The van der Waals surface area contributed by atoms with Gasteiger partial charge in [-0.15, -0.1) is 0 Å². The van der Waals surface area contributed by atoms with E-state index in [9.17, 15) is 0 Å². The van der Waals surface area contributed by atoms with E-state index < -0.39 is 0 Å². The minimum atomic E-state index is 0.0794. The molecule has 0 bridgehead atoms. The Labute approximate surface area is 51.2 Å². The van der Waals surface area contributed by atoms with Gasteiger partial charge in [-0.05, 0) is 27.7 Å². The molecule has 0 aliphatic carbocycles. The monoisotopic (exact) mass is 117 g/mol. The molecule has 0 aliphatic heterocycles. The van der Waals surface area contributed by atoms with Crippen LogP contribution in [0.5, 0.6) is 0 Å². The first-order valence-corrected chi connectivity index (χ1v) is 2.95. The maximum Gasteiger partial charge on any atom is 0.0654 e. The van der Waals surface area contributed by atoms with Gasteiger partial charge in [-0.1, -0.05) is 0 Å². The Kier molecular flexibility index (Phi) is 3.02. The highest BCUT2D eigenvalue weighted by atomic mass is 16.6. The zero-order valence-electron chi connectivity index (χ0n) is 6.12. The summed E-state index contributed by atoms with van der Waals surface area (Å²) in [6.07, 6.45) is 0. The molecule has 0 aromatic rings. The summed E-state index contributed by atoms with van der Waals surface area (Å²) in [5.74, 6) is 0. The summed E-state index contributed by atoms with van der Waals surface area (Å²) in [5.41, 5.74) is 2.95. The summed E-state index contributed by atoms with van der Waals surface area (Å²) in [4.78, 5) is 4.95. The Morgan fingerprint density at radius 1 is 1.38 bits per heavy atom. The highest BCUT2D eigenvalue weighted by molar-refractivity contribution is 4.63. The van der Waals surface area contributed by atoms with Crippen LogP contribution in [0.1, 0.15) is 27.7 Å². The van der Waals surface area contributed by atoms with Crippen LogP contribution in [-0.4, -0.2) is 12.1 Å². The first kappa shape index (κ1) is 7.92. The van der Waals surface area contributed by atoms with Crippen molar-refractivity contribution in [2.45, 2.75) is 33.2 Å². The number of rotatable bonds is 2. The van der Waals surface area contributed by atoms with Gasteiger partial charge in [0.05, 0.1) is 6.61 Å². The zero-order chi connectivity index (χ0) is 6.62. The fraction of sp³-hybridized carbons (Fsp3) is 1.00. The van der Waals surface area contributed by atoms with E-state index in [-0.39, 0.29) is 5.54 Å². The van der Waals surface area contributed by atoms with E-state index in [0.29, 0.717) is 0 Å². The van der Waals surface area contributed by atoms with Crippen LogP contribution in [0.4, 0.5) is 0 Å². The molecule has 2 nitrogen and oxygen atoms in total. The normalized spacial score (nSPS) is 12.0. The van der Waals surface area contributed by atoms with Crippen molar-refractivity contribution >= 4 is 0 Å². The van der Waals surface area contributed by atoms with Crippen LogP contribution in [0.3, 0.4) is 0 Å². The number of hydrogen-bond acceptors (Lipinski definition) is 2. The molecule has 0 aromatic heterocycles. The molecule has 0 atom stereocenters. The predicted octanol–water partition coefficient (Wildman–Crippen LogP) is 1.33. The molecule has 0 unspecified atom stereocenters. The fourth-order valence-electron chi connectivity index (χ4n) is 0.289. The smallest absolute Gasteiger partial charge is 0.0654 e. The van der Waals surface area contributed by atoms with Gasteiger partial charge in [0.15, 0.2) is 0 Å². The third-order valence-corrected chi connectivity index (χ3v) is 0.523. The molecule has 0 heterocycles. The first-order valence-electron chi connectivity index (χ1n) is 2.95. The van der Waals surface area contributed by atoms with Crippen molar-refractivity contribution in [1.82, 2.24) is 5.48 Å². The van der Waals surface area contributed by atoms with Crippen molar-refractivity contribution in [2.75, 3.05) is 6.61 Å². The summed E-state index contributed by atoms with van der Waals surface area (Å²) in [6, 6.07) is 0. The summed E-state index contributed by atoms with van der Waals surface area (Å²) in [5, 5.41) is 0. The van der Waals surface area contributed by atoms with Crippen molar-refractivity contribution in [3.8, 4) is 0 Å². The number of nitrogens with one attached hydrogen (secondary N) is 1. The Bertz CT molecular complexity index is 56.0. The Morgan fingerprint density at radius 2 is 1.88 bits per heavy atom. The van der Waals surface area contributed by atoms with E-state index >= 15 is 0 Å². The second-order valence-corrected chi connectivity index (χ2v) is 2.79. The Hall–Kier alpha value is -0.0800. The number of hydrogen-bond donors (Lipinski definition) is 1. The van der Waals surface area contributed by atoms with Crippen molar-refractivity contribution in [3.05, 3.63) is 0 Å². The zero-order valence-corrected chi connectivity index (χ0v) is 6.12. The topological polar surface area (TPSA) is 21.3 Å². The SMILES string of the molecule is CCONC(C)(C)C. The second-order valence-electron chi connectivity index (χ2n) is 2.79. The van der Waals surface area contributed by atoms with Crippen LogP contribution >= 0.6 is 0 Å². The van der Waals surface area contributed by atoms with Crippen LogP contribution in [0.15, 0.2) is 0 Å². The molecular weight excluding hydrogens is 102 g/mol. The lowest BCUT2D eigenvalue weighted by Crippen LogP contribution is -2.35. The van der Waals surface area contributed by atoms with Crippen LogP contribution < -0.4 is 5.48 Å². The predicted molar refractivity (Wildman–Crippen MR) is 34.5 cm³/mol. The molecule has 0 spiro atoms. The van der Waals surface area contributed by atoms with Crippen molar-refractivity contribution in [1.29, 1.82) is 0 Å². The third-order valence-electron chi connectivity index (χ3n) is 0.523. The maximum absolute atomic E-state index is 4.95. The molecule has 0 radical (unpaired) electrons. The lowest BCUT2D eigenvalue weighted by molar-refractivity contribution is 0.00198. The molecule has 0 fully saturated rings. The lowest BCUT2D eigenvalue weighted by atomic mass is 10.1. The fourth-order valence-corrected chi connectivity index (χ4v) is 0.289. The van der Waals surface area contributed by atoms with Crippen LogP contribution in [0, 0.1) is 0 Å². The number of hydroxylamine groups is 1. The summed E-state index contributed by atoms with van der Waals surface area (Å²) in [6.45, 7) is 8.85. The third kappa shape index (κ3) is 5.92. The molecule has 0 amide bonds. The van der Waals surface area contributed by atoms with Gasteiger partial charge in [0.25, 0.3) is 0 Å². The molecular formula is C6H15NO. The lowest BCUT2D eigenvalue weighted by Gasteiger charge is -2.18. The Morgan fingerprint density at radius 3 is 2.00 bits per heavy atom. The van der Waals surface area contributed by atoms with Gasteiger partial charge >= 0.3 is 0 Å². The van der Waals surface area contributed by atoms with Crippen LogP contribution in [-0.2, 0) is 4.84 Å². The van der Waals surface area contributed by atoms with Gasteiger partial charge in [-0.25, -0.2) is 0 Å². The minimum Gasteiger partial charge on any atom is -0.302 e. The van der Waals surface area contributed by atoms with Gasteiger partial charge in [0.2, 0.25) is 0 Å². The molecule has 0 saturated carbocycles. The van der Waals surface area contributed by atoms with E-state index in [2.05, 4.69) is 26.3 Å². The molecule has 0 rings (SSSR count). The maximum atomic E-state index is 4.95. The van der Waals surface area contributed by atoms with Gasteiger partial charge in [-0.2, -0.15) is 5.48 Å². The second kappa shape index (κ2) is 3.05. The van der Waals surface area contributed by atoms with Crippen molar-refractivity contribution in [2.24, 2.45) is 0 Å². The van der Waals surface area contributed by atoms with Gasteiger partial charge < -0.3 is 4.84 Å². The Balaban J connectivity index is 3.11. The van der Waals surface area contributed by atoms with Crippen molar-refractivity contribution < 1.29 is 4.84 Å². The minimum absolute atomic E-state index is 0.0794. The molecule has 2 heteroatoms. The van der Waals surface area contributed by atoms with E-state index in [1.54, 1.807) is 0 Å². The van der Waals surface area contributed by atoms with Crippen LogP contribution in [0.25, 0.3) is 0 Å². The van der Waals surface area contributed by atoms with Gasteiger partial charge in [0, 0.05) is 5.54 Å². The van der Waals surface area contributed by atoms with Gasteiger partial charge in [0.1, 0.15) is 0 Å². The van der Waals surface area contributed by atoms with E-state index in [1.807, 2.05) is 6.92 Å². The van der Waals surface area contributed by atoms with Crippen LogP contribution in [0.2, 0.25) is 0 Å². The molecule has 0 aromatic carbocycles. The average Bonchev–Trinajstić information content (AvgIpc) is 1.59. The molecule has 0 aliphatic rings. The molecule has 0 saturated heterocycles. The van der Waals surface area contributed by atoms with Crippen molar-refractivity contribution in [3.63, 3.8) is 0 Å². The molecule has 1 N–H and O–H groups in total.